The van der Waals surface area contributed by atoms with E-state index in [1.54, 1.807) is 0 Å². The van der Waals surface area contributed by atoms with Gasteiger partial charge in [-0.05, 0) is 38.3 Å². The molecule has 0 heterocycles. The van der Waals surface area contributed by atoms with Crippen molar-refractivity contribution in [1.29, 1.82) is 0 Å². The van der Waals surface area contributed by atoms with Gasteiger partial charge in [-0.3, -0.25) is 0 Å². The van der Waals surface area contributed by atoms with Crippen molar-refractivity contribution >= 4 is 0 Å². The molecule has 112 valence electrons. The van der Waals surface area contributed by atoms with Crippen molar-refractivity contribution in [3.05, 3.63) is 34.9 Å². The summed E-state index contributed by atoms with van der Waals surface area (Å²) >= 11 is 0. The molecule has 1 fully saturated rings. The van der Waals surface area contributed by atoms with Crippen LogP contribution in [-0.4, -0.2) is 6.54 Å². The van der Waals surface area contributed by atoms with E-state index < -0.39 is 0 Å². The van der Waals surface area contributed by atoms with Gasteiger partial charge in [-0.15, -0.1) is 0 Å². The Bertz CT molecular complexity index is 382. The first-order valence-electron chi connectivity index (χ1n) is 8.50. The largest absolute Gasteiger partial charge is 0.310 e. The molecule has 0 aromatic heterocycles. The van der Waals surface area contributed by atoms with Crippen molar-refractivity contribution < 1.29 is 0 Å². The van der Waals surface area contributed by atoms with Crippen LogP contribution < -0.4 is 5.32 Å². The second kappa shape index (κ2) is 7.83. The van der Waals surface area contributed by atoms with Gasteiger partial charge in [0.05, 0.1) is 0 Å². The van der Waals surface area contributed by atoms with Gasteiger partial charge in [-0.2, -0.15) is 0 Å². The average Bonchev–Trinajstić information content (AvgIpc) is 2.65. The van der Waals surface area contributed by atoms with Gasteiger partial charge in [-0.25, -0.2) is 0 Å². The summed E-state index contributed by atoms with van der Waals surface area (Å²) in [5.74, 6) is 0.919. The van der Waals surface area contributed by atoms with Crippen LogP contribution in [0.1, 0.15) is 74.6 Å². The molecule has 1 nitrogen and oxygen atoms in total. The van der Waals surface area contributed by atoms with Crippen LogP contribution in [0, 0.1) is 19.8 Å². The lowest BCUT2D eigenvalue weighted by molar-refractivity contribution is 0.359. The van der Waals surface area contributed by atoms with Crippen LogP contribution in [0.25, 0.3) is 0 Å². The second-order valence-corrected chi connectivity index (χ2v) is 6.62. The van der Waals surface area contributed by atoms with Gasteiger partial charge in [0, 0.05) is 6.04 Å². The lowest BCUT2D eigenvalue weighted by atomic mass is 9.88. The fourth-order valence-electron chi connectivity index (χ4n) is 3.73. The van der Waals surface area contributed by atoms with E-state index in [1.807, 2.05) is 0 Å². The Morgan fingerprint density at radius 1 is 1.00 bits per heavy atom. The van der Waals surface area contributed by atoms with E-state index in [4.69, 9.17) is 0 Å². The van der Waals surface area contributed by atoms with Gasteiger partial charge in [0.1, 0.15) is 0 Å². The highest BCUT2D eigenvalue weighted by Crippen LogP contribution is 2.31. The first-order valence-corrected chi connectivity index (χ1v) is 8.50. The summed E-state index contributed by atoms with van der Waals surface area (Å²) in [5.41, 5.74) is 4.28. The Labute approximate surface area is 125 Å². The zero-order chi connectivity index (χ0) is 14.4. The maximum Gasteiger partial charge on any atom is 0.0322 e. The standard InChI is InChI=1S/C19H31N/c1-4-20-19(14-17-9-7-5-6-8-10-17)18-12-15(2)11-16(3)13-18/h11-13,17,19-20H,4-10,14H2,1-3H3. The van der Waals surface area contributed by atoms with Crippen molar-refractivity contribution in [2.75, 3.05) is 6.54 Å². The molecule has 0 spiro atoms. The number of benzene rings is 1. The summed E-state index contributed by atoms with van der Waals surface area (Å²) in [4.78, 5) is 0. The van der Waals surface area contributed by atoms with Crippen molar-refractivity contribution in [2.24, 2.45) is 5.92 Å². The highest BCUT2D eigenvalue weighted by atomic mass is 14.9. The molecular formula is C19H31N. The minimum Gasteiger partial charge on any atom is -0.310 e. The molecule has 1 unspecified atom stereocenters. The van der Waals surface area contributed by atoms with E-state index >= 15 is 0 Å². The molecule has 1 aromatic carbocycles. The van der Waals surface area contributed by atoms with Gasteiger partial charge in [0.2, 0.25) is 0 Å². The molecule has 1 aromatic rings. The smallest absolute Gasteiger partial charge is 0.0322 e. The van der Waals surface area contributed by atoms with Crippen LogP contribution >= 0.6 is 0 Å². The minimum atomic E-state index is 0.543. The molecule has 1 heteroatoms. The summed E-state index contributed by atoms with van der Waals surface area (Å²) in [6.45, 7) is 7.71. The Morgan fingerprint density at radius 3 is 2.15 bits per heavy atom. The zero-order valence-electron chi connectivity index (χ0n) is 13.5. The minimum absolute atomic E-state index is 0.543. The number of nitrogens with one attached hydrogen (secondary N) is 1. The Hall–Kier alpha value is -0.820. The fourth-order valence-corrected chi connectivity index (χ4v) is 3.73. The van der Waals surface area contributed by atoms with Crippen molar-refractivity contribution in [3.8, 4) is 0 Å². The fraction of sp³-hybridized carbons (Fsp3) is 0.684. The lowest BCUT2D eigenvalue weighted by Gasteiger charge is -2.24. The van der Waals surface area contributed by atoms with Gasteiger partial charge >= 0.3 is 0 Å². The highest BCUT2D eigenvalue weighted by molar-refractivity contribution is 5.30. The summed E-state index contributed by atoms with van der Waals surface area (Å²) in [7, 11) is 0. The van der Waals surface area contributed by atoms with Crippen LogP contribution in [0.2, 0.25) is 0 Å². The van der Waals surface area contributed by atoms with Crippen LogP contribution in [-0.2, 0) is 0 Å². The predicted molar refractivity (Wildman–Crippen MR) is 88.1 cm³/mol. The number of rotatable bonds is 5. The summed E-state index contributed by atoms with van der Waals surface area (Å²) in [5, 5.41) is 3.72. The third kappa shape index (κ3) is 4.63. The molecule has 2 rings (SSSR count). The molecule has 1 aliphatic rings. The van der Waals surface area contributed by atoms with E-state index in [2.05, 4.69) is 44.3 Å². The molecule has 1 aliphatic carbocycles. The van der Waals surface area contributed by atoms with Gasteiger partial charge < -0.3 is 5.32 Å². The Morgan fingerprint density at radius 2 is 1.60 bits per heavy atom. The van der Waals surface area contributed by atoms with Gasteiger partial charge in [-0.1, -0.05) is 74.8 Å². The summed E-state index contributed by atoms with van der Waals surface area (Å²) in [6, 6.07) is 7.56. The average molecular weight is 273 g/mol. The molecule has 0 saturated heterocycles. The Balaban J connectivity index is 2.08. The first-order chi connectivity index (χ1) is 9.69. The molecule has 0 amide bonds. The number of aryl methyl sites for hydroxylation is 2. The van der Waals surface area contributed by atoms with Crippen LogP contribution in [0.5, 0.6) is 0 Å². The molecule has 1 atom stereocenters. The van der Waals surface area contributed by atoms with E-state index in [0.717, 1.165) is 12.5 Å². The molecule has 0 radical (unpaired) electrons. The summed E-state index contributed by atoms with van der Waals surface area (Å²) in [6.07, 6.45) is 9.97. The highest BCUT2D eigenvalue weighted by Gasteiger charge is 2.19. The summed E-state index contributed by atoms with van der Waals surface area (Å²) < 4.78 is 0. The quantitative estimate of drug-likeness (QED) is 0.716. The van der Waals surface area contributed by atoms with Crippen molar-refractivity contribution in [3.63, 3.8) is 0 Å². The number of hydrogen-bond donors (Lipinski definition) is 1. The molecule has 0 aliphatic heterocycles. The normalized spacial score (nSPS) is 18.8. The van der Waals surface area contributed by atoms with Crippen LogP contribution in [0.4, 0.5) is 0 Å². The second-order valence-electron chi connectivity index (χ2n) is 6.62. The monoisotopic (exact) mass is 273 g/mol. The van der Waals surface area contributed by atoms with Crippen molar-refractivity contribution in [2.45, 2.75) is 71.8 Å². The Kier molecular flexibility index (Phi) is 6.09. The molecule has 20 heavy (non-hydrogen) atoms. The SMILES string of the molecule is CCNC(CC1CCCCCC1)c1cc(C)cc(C)c1. The topological polar surface area (TPSA) is 12.0 Å². The molecule has 0 bridgehead atoms. The molecular weight excluding hydrogens is 242 g/mol. The third-order valence-corrected chi connectivity index (χ3v) is 4.64. The van der Waals surface area contributed by atoms with Crippen LogP contribution in [0.15, 0.2) is 18.2 Å². The van der Waals surface area contributed by atoms with E-state index in [1.165, 1.54) is 61.6 Å². The van der Waals surface area contributed by atoms with Gasteiger partial charge in [0.15, 0.2) is 0 Å². The molecule has 1 N–H and O–H groups in total. The molecule has 1 saturated carbocycles. The van der Waals surface area contributed by atoms with E-state index in [-0.39, 0.29) is 0 Å². The third-order valence-electron chi connectivity index (χ3n) is 4.64. The lowest BCUT2D eigenvalue weighted by Crippen LogP contribution is -2.23. The van der Waals surface area contributed by atoms with Crippen LogP contribution in [0.3, 0.4) is 0 Å². The maximum atomic E-state index is 3.72. The number of hydrogen-bond acceptors (Lipinski definition) is 1. The zero-order valence-corrected chi connectivity index (χ0v) is 13.5. The van der Waals surface area contributed by atoms with E-state index in [0.29, 0.717) is 6.04 Å². The maximum absolute atomic E-state index is 3.72. The first kappa shape index (κ1) is 15.6. The van der Waals surface area contributed by atoms with E-state index in [9.17, 15) is 0 Å². The van der Waals surface area contributed by atoms with Gasteiger partial charge in [0.25, 0.3) is 0 Å². The van der Waals surface area contributed by atoms with Crippen molar-refractivity contribution in [1.82, 2.24) is 5.32 Å². The predicted octanol–water partition coefficient (Wildman–Crippen LogP) is 5.31.